The van der Waals surface area contributed by atoms with Crippen LogP contribution in [0.2, 0.25) is 0 Å². The van der Waals surface area contributed by atoms with Gasteiger partial charge in [-0.1, -0.05) is 93.1 Å². The monoisotopic (exact) mass is 472 g/mol. The first-order valence-corrected chi connectivity index (χ1v) is 12.5. The van der Waals surface area contributed by atoms with Gasteiger partial charge in [-0.25, -0.2) is 0 Å². The van der Waals surface area contributed by atoms with Crippen molar-refractivity contribution in [3.8, 4) is 5.75 Å². The van der Waals surface area contributed by atoms with Crippen molar-refractivity contribution in [3.05, 3.63) is 102 Å². The molecule has 0 spiro atoms. The van der Waals surface area contributed by atoms with Gasteiger partial charge in [0.1, 0.15) is 11.8 Å². The van der Waals surface area contributed by atoms with Crippen molar-refractivity contribution in [2.24, 2.45) is 0 Å². The first kappa shape index (κ1) is 26.0. The molecule has 0 fully saturated rings. The first-order chi connectivity index (χ1) is 17.1. The molecule has 0 saturated heterocycles. The van der Waals surface area contributed by atoms with Gasteiger partial charge in [0.05, 0.1) is 0 Å². The quantitative estimate of drug-likeness (QED) is 0.349. The molecule has 0 heterocycles. The van der Waals surface area contributed by atoms with Gasteiger partial charge in [-0.05, 0) is 41.7 Å². The Balaban J connectivity index is 1.83. The van der Waals surface area contributed by atoms with Crippen molar-refractivity contribution in [1.29, 1.82) is 0 Å². The van der Waals surface area contributed by atoms with Gasteiger partial charge in [0.2, 0.25) is 5.91 Å². The normalized spacial score (nSPS) is 11.5. The number of aryl methyl sites for hydroxylation is 1. The molecule has 0 bridgehead atoms. The van der Waals surface area contributed by atoms with Crippen LogP contribution in [0.4, 0.5) is 0 Å². The number of hydrogen-bond acceptors (Lipinski definition) is 3. The van der Waals surface area contributed by atoms with Gasteiger partial charge >= 0.3 is 0 Å². The number of nitrogens with one attached hydrogen (secondary N) is 1. The van der Waals surface area contributed by atoms with Crippen LogP contribution in [0.3, 0.4) is 0 Å². The Bertz CT molecular complexity index is 1040. The lowest BCUT2D eigenvalue weighted by Crippen LogP contribution is -2.51. The Labute approximate surface area is 209 Å². The fourth-order valence-corrected chi connectivity index (χ4v) is 3.89. The minimum Gasteiger partial charge on any atom is -0.484 e. The van der Waals surface area contributed by atoms with Crippen LogP contribution >= 0.6 is 0 Å². The maximum atomic E-state index is 13.5. The highest BCUT2D eigenvalue weighted by molar-refractivity contribution is 5.88. The number of hydrogen-bond donors (Lipinski definition) is 1. The molecule has 0 radical (unpaired) electrons. The van der Waals surface area contributed by atoms with Crippen molar-refractivity contribution in [2.45, 2.75) is 52.1 Å². The number of carbonyl (C=O) groups excluding carboxylic acids is 2. The van der Waals surface area contributed by atoms with E-state index in [9.17, 15) is 9.59 Å². The van der Waals surface area contributed by atoms with Crippen molar-refractivity contribution < 1.29 is 14.3 Å². The van der Waals surface area contributed by atoms with Gasteiger partial charge in [0.15, 0.2) is 6.61 Å². The predicted octanol–water partition coefficient (Wildman–Crippen LogP) is 5.18. The molecule has 5 nitrogen and oxygen atoms in total. The van der Waals surface area contributed by atoms with Gasteiger partial charge in [-0.2, -0.15) is 0 Å². The van der Waals surface area contributed by atoms with Crippen molar-refractivity contribution in [3.63, 3.8) is 0 Å². The van der Waals surface area contributed by atoms with Crippen LogP contribution in [0.15, 0.2) is 84.9 Å². The number of unbranched alkanes of at least 4 members (excludes halogenated alkanes) is 1. The van der Waals surface area contributed by atoms with E-state index in [1.807, 2.05) is 84.9 Å². The second kappa shape index (κ2) is 14.0. The zero-order chi connectivity index (χ0) is 24.9. The largest absolute Gasteiger partial charge is 0.484 e. The van der Waals surface area contributed by atoms with Crippen molar-refractivity contribution in [1.82, 2.24) is 10.2 Å². The molecule has 184 valence electrons. The van der Waals surface area contributed by atoms with Crippen molar-refractivity contribution >= 4 is 11.8 Å². The minimum atomic E-state index is -0.645. The number of carbonyl (C=O) groups is 2. The summed E-state index contributed by atoms with van der Waals surface area (Å²) in [6.07, 6.45) is 3.26. The summed E-state index contributed by atoms with van der Waals surface area (Å²) >= 11 is 0. The molecule has 0 aliphatic heterocycles. The molecule has 3 aromatic carbocycles. The van der Waals surface area contributed by atoms with E-state index in [2.05, 4.69) is 19.2 Å². The molecule has 0 aliphatic rings. The summed E-state index contributed by atoms with van der Waals surface area (Å²) in [6, 6.07) is 26.7. The number of nitrogens with zero attached hydrogens (tertiary/aromatic N) is 1. The third-order valence-electron chi connectivity index (χ3n) is 5.99. The van der Waals surface area contributed by atoms with Crippen LogP contribution in [0.5, 0.6) is 5.75 Å². The van der Waals surface area contributed by atoms with Gasteiger partial charge in [0, 0.05) is 19.5 Å². The second-order valence-corrected chi connectivity index (χ2v) is 8.64. The molecule has 35 heavy (non-hydrogen) atoms. The molecule has 0 aromatic heterocycles. The van der Waals surface area contributed by atoms with E-state index in [4.69, 9.17) is 4.74 Å². The molecule has 3 rings (SSSR count). The maximum absolute atomic E-state index is 13.5. The maximum Gasteiger partial charge on any atom is 0.261 e. The van der Waals surface area contributed by atoms with Crippen LogP contribution in [0.25, 0.3) is 0 Å². The first-order valence-electron chi connectivity index (χ1n) is 12.5. The molecule has 0 unspecified atom stereocenters. The zero-order valence-electron chi connectivity index (χ0n) is 20.8. The van der Waals surface area contributed by atoms with E-state index >= 15 is 0 Å². The van der Waals surface area contributed by atoms with E-state index in [1.54, 1.807) is 4.90 Å². The van der Waals surface area contributed by atoms with Gasteiger partial charge in [0.25, 0.3) is 5.91 Å². The Morgan fingerprint density at radius 1 is 0.829 bits per heavy atom. The predicted molar refractivity (Wildman–Crippen MR) is 140 cm³/mol. The highest BCUT2D eigenvalue weighted by atomic mass is 16.5. The molecule has 1 atom stereocenters. The molecule has 0 saturated carbocycles. The standard InChI is InChI=1S/C30H36N2O3/c1-3-5-20-31-30(34)28(21-25-12-8-6-9-13-25)32(22-26-14-10-7-11-15-26)29(33)23-35-27-18-16-24(4-2)17-19-27/h6-19,28H,3-5,20-23H2,1-2H3,(H,31,34)/t28-/m0/s1. The molecule has 3 aromatic rings. The van der Waals surface area contributed by atoms with Gasteiger partial charge < -0.3 is 15.0 Å². The topological polar surface area (TPSA) is 58.6 Å². The molecule has 5 heteroatoms. The van der Waals surface area contributed by atoms with Crippen molar-refractivity contribution in [2.75, 3.05) is 13.2 Å². The average Bonchev–Trinajstić information content (AvgIpc) is 2.90. The third kappa shape index (κ3) is 8.29. The van der Waals surface area contributed by atoms with E-state index < -0.39 is 6.04 Å². The zero-order valence-corrected chi connectivity index (χ0v) is 20.8. The summed E-state index contributed by atoms with van der Waals surface area (Å²) in [6.45, 7) is 4.97. The van der Waals surface area contributed by atoms with Gasteiger partial charge in [-0.3, -0.25) is 9.59 Å². The summed E-state index contributed by atoms with van der Waals surface area (Å²) in [7, 11) is 0. The smallest absolute Gasteiger partial charge is 0.261 e. The van der Waals surface area contributed by atoms with E-state index in [0.29, 0.717) is 25.3 Å². The minimum absolute atomic E-state index is 0.133. The molecule has 1 N–H and O–H groups in total. The van der Waals surface area contributed by atoms with E-state index in [1.165, 1.54) is 5.56 Å². The summed E-state index contributed by atoms with van der Waals surface area (Å²) in [5, 5.41) is 3.04. The lowest BCUT2D eigenvalue weighted by atomic mass is 10.0. The summed E-state index contributed by atoms with van der Waals surface area (Å²) in [5.41, 5.74) is 3.18. The van der Waals surface area contributed by atoms with Crippen LogP contribution in [-0.2, 0) is 29.0 Å². The number of amides is 2. The molecule has 2 amide bonds. The van der Waals surface area contributed by atoms with Crippen LogP contribution in [0, 0.1) is 0 Å². The van der Waals surface area contributed by atoms with E-state index in [0.717, 1.165) is 30.4 Å². The molecule has 0 aliphatic carbocycles. The Kier molecular flexibility index (Phi) is 10.4. The number of benzene rings is 3. The van der Waals surface area contributed by atoms with Crippen LogP contribution < -0.4 is 10.1 Å². The Hall–Kier alpha value is -3.60. The Morgan fingerprint density at radius 2 is 1.46 bits per heavy atom. The lowest BCUT2D eigenvalue weighted by Gasteiger charge is -2.31. The fraction of sp³-hybridized carbons (Fsp3) is 0.333. The second-order valence-electron chi connectivity index (χ2n) is 8.64. The third-order valence-corrected chi connectivity index (χ3v) is 5.99. The number of ether oxygens (including phenoxy) is 1. The molecular formula is C30H36N2O3. The number of rotatable bonds is 13. The highest BCUT2D eigenvalue weighted by Gasteiger charge is 2.30. The SMILES string of the molecule is CCCCNC(=O)[C@H](Cc1ccccc1)N(Cc1ccccc1)C(=O)COc1ccc(CC)cc1. The summed E-state index contributed by atoms with van der Waals surface area (Å²) < 4.78 is 5.84. The van der Waals surface area contributed by atoms with Gasteiger partial charge in [-0.15, -0.1) is 0 Å². The summed E-state index contributed by atoms with van der Waals surface area (Å²) in [5.74, 6) is 0.279. The highest BCUT2D eigenvalue weighted by Crippen LogP contribution is 2.17. The lowest BCUT2D eigenvalue weighted by molar-refractivity contribution is -0.142. The molecular weight excluding hydrogens is 436 g/mol. The van der Waals surface area contributed by atoms with Crippen LogP contribution in [-0.4, -0.2) is 35.9 Å². The van der Waals surface area contributed by atoms with E-state index in [-0.39, 0.29) is 18.4 Å². The average molecular weight is 473 g/mol. The van der Waals surface area contributed by atoms with Crippen LogP contribution in [0.1, 0.15) is 43.4 Å². The summed E-state index contributed by atoms with van der Waals surface area (Å²) in [4.78, 5) is 28.5. The Morgan fingerprint density at radius 3 is 2.06 bits per heavy atom. The fourth-order valence-electron chi connectivity index (χ4n) is 3.89.